The third-order valence-corrected chi connectivity index (χ3v) is 3.93. The fourth-order valence-corrected chi connectivity index (χ4v) is 2.57. The number of fused-ring (bicyclic) bond motifs is 1. The maximum Gasteiger partial charge on any atom is 0.255 e. The zero-order chi connectivity index (χ0) is 17.3. The molecule has 24 heavy (non-hydrogen) atoms. The monoisotopic (exact) mass is 327 g/mol. The molecule has 5 nitrogen and oxygen atoms in total. The maximum absolute atomic E-state index is 13.8. The van der Waals surface area contributed by atoms with E-state index in [1.807, 2.05) is 25.3 Å². The standard InChI is InChI=1S/C18H18FN3O2/c1-11-4-6-16-14(9-20-22(16)10-11)18(23)21-12(2)13-5-7-17(24-3)15(19)8-13/h4-10,12H,1-3H3,(H,21,23). The van der Waals surface area contributed by atoms with Crippen LogP contribution in [0.15, 0.2) is 42.7 Å². The second-order valence-electron chi connectivity index (χ2n) is 5.68. The van der Waals surface area contributed by atoms with Gasteiger partial charge in [-0.15, -0.1) is 0 Å². The van der Waals surface area contributed by atoms with Gasteiger partial charge in [-0.1, -0.05) is 12.1 Å². The van der Waals surface area contributed by atoms with Crippen molar-refractivity contribution in [3.8, 4) is 5.75 Å². The summed E-state index contributed by atoms with van der Waals surface area (Å²) < 4.78 is 20.4. The van der Waals surface area contributed by atoms with E-state index in [-0.39, 0.29) is 17.7 Å². The van der Waals surface area contributed by atoms with E-state index in [0.29, 0.717) is 11.1 Å². The number of hydrogen-bond donors (Lipinski definition) is 1. The molecule has 3 rings (SSSR count). The van der Waals surface area contributed by atoms with Crippen molar-refractivity contribution in [2.45, 2.75) is 19.9 Å². The lowest BCUT2D eigenvalue weighted by Crippen LogP contribution is -2.26. The van der Waals surface area contributed by atoms with E-state index >= 15 is 0 Å². The van der Waals surface area contributed by atoms with Crippen molar-refractivity contribution in [3.05, 3.63) is 65.2 Å². The average Bonchev–Trinajstić information content (AvgIpc) is 2.97. The maximum atomic E-state index is 13.8. The first kappa shape index (κ1) is 16.0. The second kappa shape index (κ2) is 6.31. The summed E-state index contributed by atoms with van der Waals surface area (Å²) in [7, 11) is 1.41. The number of halogens is 1. The highest BCUT2D eigenvalue weighted by Crippen LogP contribution is 2.22. The van der Waals surface area contributed by atoms with Crippen molar-refractivity contribution in [1.82, 2.24) is 14.9 Å². The molecule has 0 bridgehead atoms. The third-order valence-electron chi connectivity index (χ3n) is 3.93. The molecule has 1 unspecified atom stereocenters. The summed E-state index contributed by atoms with van der Waals surface area (Å²) in [5.74, 6) is -0.532. The average molecular weight is 327 g/mol. The topological polar surface area (TPSA) is 55.6 Å². The van der Waals surface area contributed by atoms with Gasteiger partial charge in [-0.05, 0) is 43.2 Å². The Labute approximate surface area is 139 Å². The van der Waals surface area contributed by atoms with E-state index in [0.717, 1.165) is 11.1 Å². The van der Waals surface area contributed by atoms with Crippen LogP contribution in [0.3, 0.4) is 0 Å². The molecule has 0 spiro atoms. The Balaban J connectivity index is 1.81. The summed E-state index contributed by atoms with van der Waals surface area (Å²) >= 11 is 0. The lowest BCUT2D eigenvalue weighted by molar-refractivity contribution is 0.0941. The first-order valence-electron chi connectivity index (χ1n) is 7.58. The summed E-state index contributed by atoms with van der Waals surface area (Å²) in [5, 5.41) is 7.07. The fraction of sp³-hybridized carbons (Fsp3) is 0.222. The van der Waals surface area contributed by atoms with Gasteiger partial charge in [0, 0.05) is 6.20 Å². The van der Waals surface area contributed by atoms with E-state index in [4.69, 9.17) is 4.74 Å². The van der Waals surface area contributed by atoms with E-state index in [2.05, 4.69) is 10.4 Å². The number of amides is 1. The number of nitrogens with zero attached hydrogens (tertiary/aromatic N) is 2. The van der Waals surface area contributed by atoms with Crippen molar-refractivity contribution in [1.29, 1.82) is 0 Å². The van der Waals surface area contributed by atoms with Crippen LogP contribution in [-0.4, -0.2) is 22.6 Å². The van der Waals surface area contributed by atoms with Gasteiger partial charge in [0.15, 0.2) is 11.6 Å². The van der Waals surface area contributed by atoms with Crippen molar-refractivity contribution < 1.29 is 13.9 Å². The Morgan fingerprint density at radius 1 is 1.33 bits per heavy atom. The van der Waals surface area contributed by atoms with Crippen LogP contribution in [0.2, 0.25) is 0 Å². The smallest absolute Gasteiger partial charge is 0.255 e. The van der Waals surface area contributed by atoms with E-state index in [1.165, 1.54) is 19.4 Å². The van der Waals surface area contributed by atoms with E-state index in [1.54, 1.807) is 23.6 Å². The Kier molecular flexibility index (Phi) is 4.20. The number of benzene rings is 1. The van der Waals surface area contributed by atoms with Crippen molar-refractivity contribution in [3.63, 3.8) is 0 Å². The number of aryl methyl sites for hydroxylation is 1. The summed E-state index contributed by atoms with van der Waals surface area (Å²) in [6, 6.07) is 8.07. The van der Waals surface area contributed by atoms with Gasteiger partial charge in [-0.25, -0.2) is 8.91 Å². The Hall–Kier alpha value is -2.89. The molecule has 6 heteroatoms. The van der Waals surface area contributed by atoms with Crippen LogP contribution in [0.4, 0.5) is 4.39 Å². The molecule has 1 amide bonds. The Morgan fingerprint density at radius 2 is 2.12 bits per heavy atom. The summed E-state index contributed by atoms with van der Waals surface area (Å²) in [6.07, 6.45) is 3.39. The quantitative estimate of drug-likeness (QED) is 0.800. The molecule has 1 N–H and O–H groups in total. The molecule has 0 aliphatic rings. The first-order valence-corrected chi connectivity index (χ1v) is 7.58. The molecule has 0 fully saturated rings. The van der Waals surface area contributed by atoms with Crippen LogP contribution in [0.25, 0.3) is 5.52 Å². The van der Waals surface area contributed by atoms with Gasteiger partial charge >= 0.3 is 0 Å². The number of aromatic nitrogens is 2. The number of ether oxygens (including phenoxy) is 1. The van der Waals surface area contributed by atoms with Gasteiger partial charge < -0.3 is 10.1 Å². The second-order valence-corrected chi connectivity index (χ2v) is 5.68. The number of methoxy groups -OCH3 is 1. The van der Waals surface area contributed by atoms with E-state index in [9.17, 15) is 9.18 Å². The molecule has 3 aromatic rings. The molecule has 0 saturated carbocycles. The number of carbonyl (C=O) groups excluding carboxylic acids is 1. The minimum atomic E-state index is -0.456. The molecule has 0 radical (unpaired) electrons. The van der Waals surface area contributed by atoms with Gasteiger partial charge in [0.2, 0.25) is 0 Å². The Morgan fingerprint density at radius 3 is 2.83 bits per heavy atom. The first-order chi connectivity index (χ1) is 11.5. The highest BCUT2D eigenvalue weighted by Gasteiger charge is 2.17. The van der Waals surface area contributed by atoms with Gasteiger partial charge in [0.25, 0.3) is 5.91 Å². The van der Waals surface area contributed by atoms with Crippen LogP contribution in [0, 0.1) is 12.7 Å². The third kappa shape index (κ3) is 2.95. The SMILES string of the molecule is COc1ccc(C(C)NC(=O)c2cnn3cc(C)ccc23)cc1F. The molecular weight excluding hydrogens is 309 g/mol. The largest absolute Gasteiger partial charge is 0.494 e. The highest BCUT2D eigenvalue weighted by atomic mass is 19.1. The molecule has 1 aromatic carbocycles. The van der Waals surface area contributed by atoms with Gasteiger partial charge in [0.05, 0.1) is 30.4 Å². The number of hydrogen-bond acceptors (Lipinski definition) is 3. The molecule has 2 aromatic heterocycles. The van der Waals surface area contributed by atoms with Gasteiger partial charge in [-0.2, -0.15) is 5.10 Å². The van der Waals surface area contributed by atoms with Crippen LogP contribution >= 0.6 is 0 Å². The zero-order valence-corrected chi connectivity index (χ0v) is 13.7. The molecule has 1 atom stereocenters. The summed E-state index contributed by atoms with van der Waals surface area (Å²) in [6.45, 7) is 3.76. The van der Waals surface area contributed by atoms with Crippen LogP contribution in [-0.2, 0) is 0 Å². The van der Waals surface area contributed by atoms with Crippen molar-refractivity contribution in [2.24, 2.45) is 0 Å². The molecule has 0 saturated heterocycles. The Bertz CT molecular complexity index is 904. The molecule has 0 aliphatic carbocycles. The minimum absolute atomic E-state index is 0.176. The van der Waals surface area contributed by atoms with Crippen LogP contribution < -0.4 is 10.1 Å². The minimum Gasteiger partial charge on any atom is -0.494 e. The summed E-state index contributed by atoms with van der Waals surface area (Å²) in [5.41, 5.74) is 2.93. The number of carbonyl (C=O) groups is 1. The number of pyridine rings is 1. The normalized spacial score (nSPS) is 12.2. The number of rotatable bonds is 4. The lowest BCUT2D eigenvalue weighted by atomic mass is 10.1. The van der Waals surface area contributed by atoms with Crippen LogP contribution in [0.1, 0.15) is 34.5 Å². The lowest BCUT2D eigenvalue weighted by Gasteiger charge is -2.15. The van der Waals surface area contributed by atoms with Gasteiger partial charge in [-0.3, -0.25) is 4.79 Å². The molecule has 2 heterocycles. The van der Waals surface area contributed by atoms with Crippen LogP contribution in [0.5, 0.6) is 5.75 Å². The summed E-state index contributed by atoms with van der Waals surface area (Å²) in [4.78, 5) is 12.5. The van der Waals surface area contributed by atoms with Gasteiger partial charge in [0.1, 0.15) is 0 Å². The predicted molar refractivity (Wildman–Crippen MR) is 88.8 cm³/mol. The van der Waals surface area contributed by atoms with Crippen molar-refractivity contribution >= 4 is 11.4 Å². The number of nitrogens with one attached hydrogen (secondary N) is 1. The highest BCUT2D eigenvalue weighted by molar-refractivity contribution is 6.00. The molecular formula is C18H18FN3O2. The fourth-order valence-electron chi connectivity index (χ4n) is 2.57. The predicted octanol–water partition coefficient (Wildman–Crippen LogP) is 3.28. The zero-order valence-electron chi connectivity index (χ0n) is 13.7. The van der Waals surface area contributed by atoms with E-state index < -0.39 is 5.82 Å². The molecule has 124 valence electrons. The molecule has 0 aliphatic heterocycles. The van der Waals surface area contributed by atoms with Crippen molar-refractivity contribution in [2.75, 3.05) is 7.11 Å².